The highest BCUT2D eigenvalue weighted by atomic mass is 127. The average molecular weight is 313 g/mol. The van der Waals surface area contributed by atoms with Crippen molar-refractivity contribution < 1.29 is 13.2 Å². The molecule has 0 spiro atoms. The van der Waals surface area contributed by atoms with Crippen LogP contribution in [-0.2, 0) is 6.18 Å². The van der Waals surface area contributed by atoms with E-state index in [0.29, 0.717) is 3.83 Å². The lowest BCUT2D eigenvalue weighted by Gasteiger charge is -2.06. The van der Waals surface area contributed by atoms with Crippen LogP contribution >= 0.6 is 22.6 Å². The second-order valence-corrected chi connectivity index (χ2v) is 3.52. The van der Waals surface area contributed by atoms with E-state index >= 15 is 0 Å². The van der Waals surface area contributed by atoms with E-state index in [9.17, 15) is 13.2 Å². The number of aromatic nitrogens is 3. The molecule has 0 saturated carbocycles. The van der Waals surface area contributed by atoms with Crippen LogP contribution < -0.4 is 0 Å². The molecule has 0 aliphatic rings. The first-order chi connectivity index (χ1) is 6.48. The molecule has 74 valence electrons. The summed E-state index contributed by atoms with van der Waals surface area (Å²) in [5, 5.41) is 3.65. The number of halogens is 4. The molecule has 0 bridgehead atoms. The van der Waals surface area contributed by atoms with E-state index in [2.05, 4.69) is 10.1 Å². The van der Waals surface area contributed by atoms with E-state index in [1.807, 2.05) is 0 Å². The van der Waals surface area contributed by atoms with Gasteiger partial charge in [-0.15, -0.1) is 5.10 Å². The minimum absolute atomic E-state index is 0.198. The fourth-order valence-corrected chi connectivity index (χ4v) is 1.56. The summed E-state index contributed by atoms with van der Waals surface area (Å²) in [4.78, 5) is 3.83. The predicted molar refractivity (Wildman–Crippen MR) is 50.7 cm³/mol. The summed E-state index contributed by atoms with van der Waals surface area (Å²) in [6.07, 6.45) is -4.41. The zero-order chi connectivity index (χ0) is 10.3. The van der Waals surface area contributed by atoms with Crippen molar-refractivity contribution >= 4 is 28.2 Å². The zero-order valence-corrected chi connectivity index (χ0v) is 8.74. The molecule has 0 aliphatic carbocycles. The van der Waals surface area contributed by atoms with Gasteiger partial charge < -0.3 is 0 Å². The van der Waals surface area contributed by atoms with Crippen molar-refractivity contribution in [1.82, 2.24) is 14.6 Å². The SMILES string of the molecule is FC(F)(F)c1cccc2nc(I)nn12. The van der Waals surface area contributed by atoms with Gasteiger partial charge in [0.25, 0.3) is 0 Å². The first-order valence-electron chi connectivity index (χ1n) is 3.57. The molecule has 0 N–H and O–H groups in total. The van der Waals surface area contributed by atoms with Crippen molar-refractivity contribution in [3.63, 3.8) is 0 Å². The van der Waals surface area contributed by atoms with Gasteiger partial charge in [0.15, 0.2) is 5.65 Å². The monoisotopic (exact) mass is 313 g/mol. The summed E-state index contributed by atoms with van der Waals surface area (Å²) < 4.78 is 38.4. The van der Waals surface area contributed by atoms with Crippen LogP contribution in [0.2, 0.25) is 0 Å². The van der Waals surface area contributed by atoms with Crippen LogP contribution in [0.4, 0.5) is 13.2 Å². The standard InChI is InChI=1S/C7H3F3IN3/c8-7(9,10)4-2-1-3-5-12-6(11)13-14(4)5/h1-3H. The molecule has 0 aromatic carbocycles. The lowest BCUT2D eigenvalue weighted by Crippen LogP contribution is -2.11. The zero-order valence-electron chi connectivity index (χ0n) is 6.59. The quantitative estimate of drug-likeness (QED) is 0.699. The highest BCUT2D eigenvalue weighted by Crippen LogP contribution is 2.28. The largest absolute Gasteiger partial charge is 0.433 e. The van der Waals surface area contributed by atoms with Crippen LogP contribution in [0.3, 0.4) is 0 Å². The van der Waals surface area contributed by atoms with Crippen molar-refractivity contribution in [1.29, 1.82) is 0 Å². The lowest BCUT2D eigenvalue weighted by atomic mass is 10.3. The summed E-state index contributed by atoms with van der Waals surface area (Å²) in [6.45, 7) is 0. The average Bonchev–Trinajstić information content (AvgIpc) is 2.41. The molecule has 2 heterocycles. The van der Waals surface area contributed by atoms with Gasteiger partial charge in [-0.3, -0.25) is 0 Å². The molecule has 2 aromatic heterocycles. The Labute approximate surface area is 90.1 Å². The van der Waals surface area contributed by atoms with Crippen molar-refractivity contribution in [2.75, 3.05) is 0 Å². The number of alkyl halides is 3. The molecule has 0 fully saturated rings. The van der Waals surface area contributed by atoms with Gasteiger partial charge in [0.05, 0.1) is 0 Å². The Kier molecular flexibility index (Phi) is 2.13. The third-order valence-electron chi connectivity index (χ3n) is 1.62. The molecule has 0 radical (unpaired) electrons. The first kappa shape index (κ1) is 9.69. The Bertz CT molecular complexity index is 476. The number of hydrogen-bond acceptors (Lipinski definition) is 2. The van der Waals surface area contributed by atoms with Crippen molar-refractivity contribution in [2.45, 2.75) is 6.18 Å². The fourth-order valence-electron chi connectivity index (χ4n) is 1.09. The molecule has 0 saturated heterocycles. The molecule has 0 amide bonds. The van der Waals surface area contributed by atoms with E-state index in [1.54, 1.807) is 22.6 Å². The van der Waals surface area contributed by atoms with E-state index in [0.717, 1.165) is 10.6 Å². The number of hydrogen-bond donors (Lipinski definition) is 0. The molecule has 0 atom stereocenters. The first-order valence-corrected chi connectivity index (χ1v) is 4.65. The van der Waals surface area contributed by atoms with Crippen LogP contribution in [-0.4, -0.2) is 14.6 Å². The van der Waals surface area contributed by atoms with Gasteiger partial charge in [-0.05, 0) is 12.1 Å². The van der Waals surface area contributed by atoms with Crippen molar-refractivity contribution in [2.24, 2.45) is 0 Å². The summed E-state index contributed by atoms with van der Waals surface area (Å²) >= 11 is 1.77. The Balaban J connectivity index is 2.77. The maximum absolute atomic E-state index is 12.4. The number of rotatable bonds is 0. The number of nitrogens with zero attached hydrogens (tertiary/aromatic N) is 3. The molecular formula is C7H3F3IN3. The summed E-state index contributed by atoms with van der Waals surface area (Å²) in [5.74, 6) is 0. The Morgan fingerprint density at radius 1 is 1.29 bits per heavy atom. The summed E-state index contributed by atoms with van der Waals surface area (Å²) in [5.41, 5.74) is -0.616. The van der Waals surface area contributed by atoms with Gasteiger partial charge in [-0.1, -0.05) is 6.07 Å². The smallest absolute Gasteiger partial charge is 0.208 e. The summed E-state index contributed by atoms with van der Waals surface area (Å²) in [6, 6.07) is 3.76. The van der Waals surface area contributed by atoms with Crippen LogP contribution in [0.15, 0.2) is 18.2 Å². The van der Waals surface area contributed by atoms with E-state index in [-0.39, 0.29) is 5.65 Å². The van der Waals surface area contributed by atoms with E-state index in [4.69, 9.17) is 0 Å². The van der Waals surface area contributed by atoms with E-state index in [1.165, 1.54) is 12.1 Å². The maximum Gasteiger partial charge on any atom is 0.433 e. The van der Waals surface area contributed by atoms with Gasteiger partial charge in [0.1, 0.15) is 5.69 Å². The van der Waals surface area contributed by atoms with Crippen molar-refractivity contribution in [3.8, 4) is 0 Å². The van der Waals surface area contributed by atoms with Gasteiger partial charge >= 0.3 is 6.18 Å². The fraction of sp³-hybridized carbons (Fsp3) is 0.143. The van der Waals surface area contributed by atoms with Crippen LogP contribution in [0, 0.1) is 3.83 Å². The maximum atomic E-state index is 12.4. The third kappa shape index (κ3) is 1.56. The highest BCUT2D eigenvalue weighted by molar-refractivity contribution is 14.1. The molecule has 2 rings (SSSR count). The topological polar surface area (TPSA) is 30.2 Å². The lowest BCUT2D eigenvalue weighted by molar-refractivity contribution is -0.142. The molecular weight excluding hydrogens is 310 g/mol. The third-order valence-corrected chi connectivity index (χ3v) is 2.08. The normalized spacial score (nSPS) is 12.3. The molecule has 7 heteroatoms. The van der Waals surface area contributed by atoms with E-state index < -0.39 is 11.9 Å². The second-order valence-electron chi connectivity index (χ2n) is 2.56. The van der Waals surface area contributed by atoms with Gasteiger partial charge in [0, 0.05) is 22.6 Å². The molecule has 0 aliphatic heterocycles. The molecule has 3 nitrogen and oxygen atoms in total. The summed E-state index contributed by atoms with van der Waals surface area (Å²) in [7, 11) is 0. The second kappa shape index (κ2) is 3.07. The van der Waals surface area contributed by atoms with Gasteiger partial charge in [-0.25, -0.2) is 9.50 Å². The molecule has 14 heavy (non-hydrogen) atoms. The Morgan fingerprint density at radius 3 is 2.64 bits per heavy atom. The minimum Gasteiger partial charge on any atom is -0.208 e. The van der Waals surface area contributed by atoms with Crippen LogP contribution in [0.5, 0.6) is 0 Å². The Morgan fingerprint density at radius 2 is 2.00 bits per heavy atom. The highest BCUT2D eigenvalue weighted by Gasteiger charge is 2.34. The number of pyridine rings is 1. The molecule has 0 unspecified atom stereocenters. The minimum atomic E-state index is -4.41. The Hall–Kier alpha value is -0.860. The predicted octanol–water partition coefficient (Wildman–Crippen LogP) is 2.35. The number of fused-ring (bicyclic) bond motifs is 1. The van der Waals surface area contributed by atoms with Crippen molar-refractivity contribution in [3.05, 3.63) is 27.7 Å². The van der Waals surface area contributed by atoms with Gasteiger partial charge in [0.2, 0.25) is 3.83 Å². The van der Waals surface area contributed by atoms with Gasteiger partial charge in [-0.2, -0.15) is 13.2 Å². The van der Waals surface area contributed by atoms with Crippen LogP contribution in [0.25, 0.3) is 5.65 Å². The van der Waals surface area contributed by atoms with Crippen LogP contribution in [0.1, 0.15) is 5.69 Å². The molecule has 2 aromatic rings.